The van der Waals surface area contributed by atoms with Gasteiger partial charge < -0.3 is 20.3 Å². The second kappa shape index (κ2) is 10.9. The molecule has 218 valence electrons. The summed E-state index contributed by atoms with van der Waals surface area (Å²) >= 11 is 1.39. The van der Waals surface area contributed by atoms with E-state index in [4.69, 9.17) is 4.74 Å². The minimum absolute atomic E-state index is 0.0747. The number of piperidine rings is 1. The second-order valence-electron chi connectivity index (χ2n) is 11.8. The molecule has 2 amide bonds. The number of anilines is 1. The van der Waals surface area contributed by atoms with Crippen LogP contribution in [0.25, 0.3) is 0 Å². The third-order valence-electron chi connectivity index (χ3n) is 7.43. The van der Waals surface area contributed by atoms with Crippen LogP contribution in [0.2, 0.25) is 0 Å². The van der Waals surface area contributed by atoms with E-state index < -0.39 is 21.5 Å². The van der Waals surface area contributed by atoms with E-state index in [0.29, 0.717) is 29.8 Å². The molecule has 2 aromatic rings. The molecule has 0 spiro atoms. The predicted molar refractivity (Wildman–Crippen MR) is 154 cm³/mol. The fourth-order valence-corrected chi connectivity index (χ4v) is 8.40. The summed E-state index contributed by atoms with van der Waals surface area (Å²) in [7, 11) is 0.924. The number of nitrogens with one attached hydrogen (secondary N) is 2. The molecule has 12 heteroatoms. The largest absolute Gasteiger partial charge is 0.469 e. The monoisotopic (exact) mass is 590 g/mol. The first-order valence-corrected chi connectivity index (χ1v) is 15.5. The predicted octanol–water partition coefficient (Wildman–Crippen LogP) is 3.44. The summed E-state index contributed by atoms with van der Waals surface area (Å²) in [6.07, 6.45) is 1.43. The lowest BCUT2D eigenvalue weighted by atomic mass is 9.81. The lowest BCUT2D eigenvalue weighted by Gasteiger charge is -2.42. The molecule has 0 unspecified atom stereocenters. The molecule has 0 saturated carbocycles. The van der Waals surface area contributed by atoms with Crippen molar-refractivity contribution < 1.29 is 27.5 Å². The Morgan fingerprint density at radius 2 is 1.68 bits per heavy atom. The Morgan fingerprint density at radius 3 is 2.23 bits per heavy atom. The average Bonchev–Trinajstić information content (AvgIpc) is 3.24. The van der Waals surface area contributed by atoms with Gasteiger partial charge in [-0.15, -0.1) is 11.3 Å². The summed E-state index contributed by atoms with van der Waals surface area (Å²) in [6.45, 7) is 8.75. The number of esters is 1. The Kier molecular flexibility index (Phi) is 8.21. The molecule has 1 fully saturated rings. The van der Waals surface area contributed by atoms with Gasteiger partial charge in [0.05, 0.1) is 23.5 Å². The van der Waals surface area contributed by atoms with Crippen molar-refractivity contribution in [2.24, 2.45) is 5.92 Å². The number of hydrogen-bond donors (Lipinski definition) is 2. The van der Waals surface area contributed by atoms with Gasteiger partial charge in [-0.1, -0.05) is 0 Å². The molecule has 0 aliphatic carbocycles. The van der Waals surface area contributed by atoms with Gasteiger partial charge in [0.15, 0.2) is 0 Å². The minimum Gasteiger partial charge on any atom is -0.469 e. The molecule has 2 N–H and O–H groups in total. The maximum atomic E-state index is 13.3. The quantitative estimate of drug-likeness (QED) is 0.494. The fourth-order valence-electron chi connectivity index (χ4n) is 5.67. The number of rotatable bonds is 6. The van der Waals surface area contributed by atoms with E-state index in [9.17, 15) is 22.8 Å². The van der Waals surface area contributed by atoms with E-state index in [2.05, 4.69) is 38.3 Å². The van der Waals surface area contributed by atoms with E-state index in [1.165, 1.54) is 51.9 Å². The summed E-state index contributed by atoms with van der Waals surface area (Å²) in [5.41, 5.74) is 1.07. The summed E-state index contributed by atoms with van der Waals surface area (Å²) in [5.74, 6) is -1.24. The molecule has 0 atom stereocenters. The van der Waals surface area contributed by atoms with Gasteiger partial charge in [-0.05, 0) is 76.8 Å². The van der Waals surface area contributed by atoms with Crippen LogP contribution in [0.4, 0.5) is 5.00 Å². The molecule has 10 nitrogen and oxygen atoms in total. The topological polar surface area (TPSA) is 125 Å². The van der Waals surface area contributed by atoms with Gasteiger partial charge in [-0.3, -0.25) is 14.4 Å². The molecule has 40 heavy (non-hydrogen) atoms. The van der Waals surface area contributed by atoms with Crippen molar-refractivity contribution in [2.45, 2.75) is 62.9 Å². The zero-order valence-corrected chi connectivity index (χ0v) is 25.7. The lowest BCUT2D eigenvalue weighted by molar-refractivity contribution is -0.146. The van der Waals surface area contributed by atoms with Crippen LogP contribution in [0.3, 0.4) is 0 Å². The fraction of sp³-hybridized carbons (Fsp3) is 0.536. The first-order valence-electron chi connectivity index (χ1n) is 13.2. The van der Waals surface area contributed by atoms with Crippen molar-refractivity contribution in [3.05, 3.63) is 45.8 Å². The van der Waals surface area contributed by atoms with E-state index in [-0.39, 0.29) is 46.9 Å². The van der Waals surface area contributed by atoms with Crippen molar-refractivity contribution >= 4 is 44.1 Å². The number of amides is 2. The van der Waals surface area contributed by atoms with Crippen LogP contribution in [-0.4, -0.2) is 75.2 Å². The van der Waals surface area contributed by atoms with Crippen molar-refractivity contribution in [3.8, 4) is 0 Å². The van der Waals surface area contributed by atoms with Gasteiger partial charge in [0.1, 0.15) is 5.00 Å². The normalized spacial score (nSPS) is 19.0. The van der Waals surface area contributed by atoms with Crippen LogP contribution < -0.4 is 10.6 Å². The zero-order chi connectivity index (χ0) is 29.6. The molecule has 2 aliphatic heterocycles. The number of sulfonamides is 1. The van der Waals surface area contributed by atoms with Gasteiger partial charge in [0.25, 0.3) is 11.8 Å². The molecule has 4 rings (SSSR count). The minimum atomic E-state index is -3.78. The third kappa shape index (κ3) is 5.81. The third-order valence-corrected chi connectivity index (χ3v) is 10.8. The molecule has 1 saturated heterocycles. The maximum Gasteiger partial charge on any atom is 0.308 e. The SMILES string of the molecule is COC(=O)C1CCN(S(=O)(=O)c2ccc(C(=O)Nc3sc4c(c3C(=O)N(C)C)CC(C)(C)NC4(C)C)cc2)CC1. The second-order valence-corrected chi connectivity index (χ2v) is 14.8. The highest BCUT2D eigenvalue weighted by Crippen LogP contribution is 2.45. The van der Waals surface area contributed by atoms with Gasteiger partial charge >= 0.3 is 5.97 Å². The first kappa shape index (κ1) is 30.2. The highest BCUT2D eigenvalue weighted by atomic mass is 32.2. The summed E-state index contributed by atoms with van der Waals surface area (Å²) in [5, 5.41) is 7.04. The molecular weight excluding hydrogens is 552 g/mol. The number of methoxy groups -OCH3 is 1. The van der Waals surface area contributed by atoms with Crippen LogP contribution in [0.5, 0.6) is 0 Å². The maximum absolute atomic E-state index is 13.3. The number of hydrogen-bond acceptors (Lipinski definition) is 8. The van der Waals surface area contributed by atoms with Gasteiger partial charge in [-0.2, -0.15) is 4.31 Å². The number of benzene rings is 1. The smallest absolute Gasteiger partial charge is 0.308 e. The first-order chi connectivity index (χ1) is 18.6. The molecule has 0 radical (unpaired) electrons. The molecule has 0 bridgehead atoms. The molecule has 2 aliphatic rings. The summed E-state index contributed by atoms with van der Waals surface area (Å²) in [6, 6.07) is 5.77. The van der Waals surface area contributed by atoms with E-state index in [1.54, 1.807) is 14.1 Å². The van der Waals surface area contributed by atoms with Crippen LogP contribution >= 0.6 is 11.3 Å². The van der Waals surface area contributed by atoms with Gasteiger partial charge in [-0.25, -0.2) is 8.42 Å². The Balaban J connectivity index is 1.56. The van der Waals surface area contributed by atoms with Crippen LogP contribution in [0, 0.1) is 5.92 Å². The van der Waals surface area contributed by atoms with Crippen molar-refractivity contribution in [1.29, 1.82) is 0 Å². The highest BCUT2D eigenvalue weighted by molar-refractivity contribution is 7.89. The standard InChI is InChI=1S/C28H38N4O6S2/c1-27(2)16-20-21(25(34)31(5)6)24(39-22(20)28(3,4)30-27)29-23(33)17-8-10-19(11-9-17)40(36,37)32-14-12-18(13-15-32)26(35)38-7/h8-11,18,30H,12-16H2,1-7H3,(H,29,33). The van der Waals surface area contributed by atoms with Gasteiger partial charge in [0.2, 0.25) is 10.0 Å². The number of ether oxygens (including phenoxy) is 1. The number of fused-ring (bicyclic) bond motifs is 1. The summed E-state index contributed by atoms with van der Waals surface area (Å²) in [4.78, 5) is 41.0. The average molecular weight is 591 g/mol. The lowest BCUT2D eigenvalue weighted by Crippen LogP contribution is -2.55. The van der Waals surface area contributed by atoms with E-state index >= 15 is 0 Å². The molecule has 3 heterocycles. The number of thiophene rings is 1. The van der Waals surface area contributed by atoms with Crippen molar-refractivity contribution in [2.75, 3.05) is 39.6 Å². The highest BCUT2D eigenvalue weighted by Gasteiger charge is 2.42. The van der Waals surface area contributed by atoms with E-state index in [0.717, 1.165) is 10.4 Å². The Bertz CT molecular complexity index is 1420. The van der Waals surface area contributed by atoms with Crippen LogP contribution in [-0.2, 0) is 31.5 Å². The number of nitrogens with zero attached hydrogens (tertiary/aromatic N) is 2. The zero-order valence-electron chi connectivity index (χ0n) is 24.1. The summed E-state index contributed by atoms with van der Waals surface area (Å²) < 4.78 is 32.5. The van der Waals surface area contributed by atoms with Crippen molar-refractivity contribution in [3.63, 3.8) is 0 Å². The number of carbonyl (C=O) groups is 3. The van der Waals surface area contributed by atoms with Crippen LogP contribution in [0.1, 0.15) is 71.7 Å². The van der Waals surface area contributed by atoms with E-state index in [1.807, 2.05) is 0 Å². The van der Waals surface area contributed by atoms with Gasteiger partial charge in [0, 0.05) is 48.7 Å². The Hall–Kier alpha value is -2.80. The Morgan fingerprint density at radius 1 is 1.07 bits per heavy atom. The molecular formula is C28H38N4O6S2. The molecule has 1 aromatic heterocycles. The Labute approximate surface area is 240 Å². The number of carbonyl (C=O) groups excluding carboxylic acids is 3. The van der Waals surface area contributed by atoms with Crippen LogP contribution in [0.15, 0.2) is 29.2 Å². The molecule has 1 aromatic carbocycles. The van der Waals surface area contributed by atoms with Crippen molar-refractivity contribution in [1.82, 2.24) is 14.5 Å².